The first-order valence-corrected chi connectivity index (χ1v) is 9.72. The fraction of sp³-hybridized carbons (Fsp3) is 0.333. The predicted octanol–water partition coefficient (Wildman–Crippen LogP) is 3.06. The summed E-state index contributed by atoms with van der Waals surface area (Å²) in [6, 6.07) is 6.76. The van der Waals surface area contributed by atoms with Crippen LogP contribution in [0.25, 0.3) is 0 Å². The highest BCUT2D eigenvalue weighted by atomic mass is 32.2. The lowest BCUT2D eigenvalue weighted by Crippen LogP contribution is -2.12. The van der Waals surface area contributed by atoms with Gasteiger partial charge in [-0.15, -0.1) is 11.3 Å². The van der Waals surface area contributed by atoms with Crippen molar-refractivity contribution in [2.45, 2.75) is 25.5 Å². The van der Waals surface area contributed by atoms with Crippen LogP contribution in [-0.4, -0.2) is 25.6 Å². The molecule has 1 aromatic heterocycles. The SMILES string of the molecule is CC(C)c1csc(C(=O)Nc2ccc(CS(C)(=O)=O)cc2)n1. The molecule has 0 unspecified atom stereocenters. The number of amides is 1. The van der Waals surface area contributed by atoms with E-state index in [1.165, 1.54) is 17.6 Å². The summed E-state index contributed by atoms with van der Waals surface area (Å²) in [7, 11) is -3.06. The van der Waals surface area contributed by atoms with Gasteiger partial charge in [-0.25, -0.2) is 13.4 Å². The van der Waals surface area contributed by atoms with Crippen LogP contribution in [0.15, 0.2) is 29.6 Å². The first-order valence-electron chi connectivity index (χ1n) is 6.78. The number of aromatic nitrogens is 1. The molecule has 0 atom stereocenters. The topological polar surface area (TPSA) is 76.1 Å². The molecule has 0 fully saturated rings. The zero-order valence-electron chi connectivity index (χ0n) is 12.7. The van der Waals surface area contributed by atoms with Crippen LogP contribution in [-0.2, 0) is 15.6 Å². The Kier molecular flexibility index (Phi) is 4.97. The maximum absolute atomic E-state index is 12.1. The number of sulfone groups is 1. The summed E-state index contributed by atoms with van der Waals surface area (Å²) >= 11 is 1.31. The van der Waals surface area contributed by atoms with E-state index in [9.17, 15) is 13.2 Å². The average molecular weight is 338 g/mol. The normalized spacial score (nSPS) is 11.6. The molecule has 0 bridgehead atoms. The first kappa shape index (κ1) is 16.6. The summed E-state index contributed by atoms with van der Waals surface area (Å²) in [5, 5.41) is 5.06. The number of carbonyl (C=O) groups excluding carboxylic acids is 1. The van der Waals surface area contributed by atoms with Crippen molar-refractivity contribution in [3.8, 4) is 0 Å². The summed E-state index contributed by atoms with van der Waals surface area (Å²) in [4.78, 5) is 16.4. The predicted molar refractivity (Wildman–Crippen MR) is 89.1 cm³/mol. The second-order valence-corrected chi connectivity index (χ2v) is 8.45. The molecule has 2 rings (SSSR count). The van der Waals surface area contributed by atoms with Crippen molar-refractivity contribution in [1.29, 1.82) is 0 Å². The molecule has 1 amide bonds. The molecule has 0 spiro atoms. The first-order chi connectivity index (χ1) is 10.2. The van der Waals surface area contributed by atoms with Crippen molar-refractivity contribution in [2.24, 2.45) is 0 Å². The molecule has 0 radical (unpaired) electrons. The lowest BCUT2D eigenvalue weighted by atomic mass is 10.2. The molecule has 5 nitrogen and oxygen atoms in total. The van der Waals surface area contributed by atoms with Gasteiger partial charge in [0.2, 0.25) is 0 Å². The maximum atomic E-state index is 12.1. The van der Waals surface area contributed by atoms with Crippen LogP contribution in [0.1, 0.15) is 40.8 Å². The molecule has 1 heterocycles. The van der Waals surface area contributed by atoms with Crippen molar-refractivity contribution >= 4 is 32.8 Å². The summed E-state index contributed by atoms with van der Waals surface area (Å²) < 4.78 is 22.5. The van der Waals surface area contributed by atoms with Gasteiger partial charge in [0.1, 0.15) is 0 Å². The van der Waals surface area contributed by atoms with E-state index in [0.29, 0.717) is 16.3 Å². The van der Waals surface area contributed by atoms with Gasteiger partial charge in [-0.3, -0.25) is 4.79 Å². The van der Waals surface area contributed by atoms with Gasteiger partial charge in [-0.2, -0.15) is 0 Å². The van der Waals surface area contributed by atoms with Crippen molar-refractivity contribution in [2.75, 3.05) is 11.6 Å². The summed E-state index contributed by atoms with van der Waals surface area (Å²) in [6.45, 7) is 4.05. The third kappa shape index (κ3) is 4.64. The van der Waals surface area contributed by atoms with Crippen molar-refractivity contribution in [1.82, 2.24) is 4.98 Å². The van der Waals surface area contributed by atoms with Crippen molar-refractivity contribution in [3.05, 3.63) is 45.9 Å². The van der Waals surface area contributed by atoms with Gasteiger partial charge in [0.15, 0.2) is 14.8 Å². The second kappa shape index (κ2) is 6.58. The van der Waals surface area contributed by atoms with E-state index in [1.54, 1.807) is 24.3 Å². The lowest BCUT2D eigenvalue weighted by Gasteiger charge is -2.05. The molecule has 0 saturated heterocycles. The number of anilines is 1. The van der Waals surface area contributed by atoms with E-state index in [1.807, 2.05) is 19.2 Å². The number of hydrogen-bond acceptors (Lipinski definition) is 5. The van der Waals surface area contributed by atoms with Gasteiger partial charge in [0, 0.05) is 17.3 Å². The second-order valence-electron chi connectivity index (χ2n) is 5.45. The third-order valence-corrected chi connectivity index (χ3v) is 4.67. The molecule has 2 aromatic rings. The number of hydrogen-bond donors (Lipinski definition) is 1. The molecule has 1 aromatic carbocycles. The molecule has 1 N–H and O–H groups in total. The number of rotatable bonds is 5. The standard InChI is InChI=1S/C15H18N2O3S2/c1-10(2)13-8-21-15(17-13)14(18)16-12-6-4-11(5-7-12)9-22(3,19)20/h4-8,10H,9H2,1-3H3,(H,16,18). The Morgan fingerprint density at radius 2 is 1.91 bits per heavy atom. The van der Waals surface area contributed by atoms with Crippen LogP contribution in [0.3, 0.4) is 0 Å². The minimum Gasteiger partial charge on any atom is -0.320 e. The van der Waals surface area contributed by atoms with E-state index in [4.69, 9.17) is 0 Å². The molecule has 7 heteroatoms. The molecule has 0 saturated carbocycles. The fourth-order valence-corrected chi connectivity index (χ4v) is 3.50. The Hall–Kier alpha value is -1.73. The van der Waals surface area contributed by atoms with Gasteiger partial charge in [0.25, 0.3) is 5.91 Å². The maximum Gasteiger partial charge on any atom is 0.284 e. The number of nitrogens with one attached hydrogen (secondary N) is 1. The monoisotopic (exact) mass is 338 g/mol. The Bertz CT molecular complexity index is 762. The molecule has 22 heavy (non-hydrogen) atoms. The van der Waals surface area contributed by atoms with E-state index in [-0.39, 0.29) is 17.6 Å². The Balaban J connectivity index is 2.05. The summed E-state index contributed by atoms with van der Waals surface area (Å²) in [5.74, 6) is 0.0201. The number of nitrogens with zero attached hydrogens (tertiary/aromatic N) is 1. The summed E-state index contributed by atoms with van der Waals surface area (Å²) in [6.07, 6.45) is 1.19. The highest BCUT2D eigenvalue weighted by molar-refractivity contribution is 7.89. The number of carbonyl (C=O) groups is 1. The lowest BCUT2D eigenvalue weighted by molar-refractivity contribution is 0.102. The van der Waals surface area contributed by atoms with Crippen LogP contribution in [0.2, 0.25) is 0 Å². The Labute approximate surface area is 134 Å². The number of benzene rings is 1. The van der Waals surface area contributed by atoms with E-state index in [2.05, 4.69) is 10.3 Å². The third-order valence-electron chi connectivity index (χ3n) is 2.95. The summed E-state index contributed by atoms with van der Waals surface area (Å²) in [5.41, 5.74) is 2.21. The van der Waals surface area contributed by atoms with Crippen LogP contribution >= 0.6 is 11.3 Å². The quantitative estimate of drug-likeness (QED) is 0.909. The van der Waals surface area contributed by atoms with Crippen LogP contribution in [0, 0.1) is 0 Å². The van der Waals surface area contributed by atoms with Crippen LogP contribution < -0.4 is 5.32 Å². The van der Waals surface area contributed by atoms with Crippen molar-refractivity contribution < 1.29 is 13.2 Å². The van der Waals surface area contributed by atoms with Crippen LogP contribution in [0.5, 0.6) is 0 Å². The minimum absolute atomic E-state index is 0.00848. The Morgan fingerprint density at radius 3 is 2.41 bits per heavy atom. The minimum atomic E-state index is -3.06. The highest BCUT2D eigenvalue weighted by Crippen LogP contribution is 2.19. The van der Waals surface area contributed by atoms with Gasteiger partial charge in [0.05, 0.1) is 11.4 Å². The largest absolute Gasteiger partial charge is 0.320 e. The molecule has 118 valence electrons. The van der Waals surface area contributed by atoms with Gasteiger partial charge < -0.3 is 5.32 Å². The average Bonchev–Trinajstić information content (AvgIpc) is 2.89. The molecule has 0 aliphatic heterocycles. The smallest absolute Gasteiger partial charge is 0.284 e. The zero-order chi connectivity index (χ0) is 16.3. The van der Waals surface area contributed by atoms with Gasteiger partial charge >= 0.3 is 0 Å². The van der Waals surface area contributed by atoms with Gasteiger partial charge in [-0.1, -0.05) is 26.0 Å². The highest BCUT2D eigenvalue weighted by Gasteiger charge is 2.13. The fourth-order valence-electron chi connectivity index (χ4n) is 1.83. The van der Waals surface area contributed by atoms with E-state index >= 15 is 0 Å². The van der Waals surface area contributed by atoms with Crippen LogP contribution in [0.4, 0.5) is 5.69 Å². The Morgan fingerprint density at radius 1 is 1.27 bits per heavy atom. The molecule has 0 aliphatic carbocycles. The molecular formula is C15H18N2O3S2. The molecular weight excluding hydrogens is 320 g/mol. The van der Waals surface area contributed by atoms with E-state index in [0.717, 1.165) is 5.69 Å². The molecule has 0 aliphatic rings. The van der Waals surface area contributed by atoms with Crippen molar-refractivity contribution in [3.63, 3.8) is 0 Å². The number of thiazole rings is 1. The van der Waals surface area contributed by atoms with Gasteiger partial charge in [-0.05, 0) is 23.6 Å². The zero-order valence-corrected chi connectivity index (χ0v) is 14.3. The van der Waals surface area contributed by atoms with E-state index < -0.39 is 9.84 Å².